The first-order valence-electron chi connectivity index (χ1n) is 8.42. The first kappa shape index (κ1) is 16.3. The predicted octanol–water partition coefficient (Wildman–Crippen LogP) is 4.85. The lowest BCUT2D eigenvalue weighted by atomic mass is 9.89. The summed E-state index contributed by atoms with van der Waals surface area (Å²) in [5.41, 5.74) is 8.75. The zero-order valence-corrected chi connectivity index (χ0v) is 14.9. The van der Waals surface area contributed by atoms with E-state index >= 15 is 0 Å². The summed E-state index contributed by atoms with van der Waals surface area (Å²) in [5, 5.41) is 1.83. The van der Waals surface area contributed by atoms with Crippen LogP contribution >= 0.6 is 0 Å². The van der Waals surface area contributed by atoms with Crippen LogP contribution in [-0.4, -0.2) is 15.8 Å². The number of hydrogen-bond donors (Lipinski definition) is 1. The molecule has 0 aliphatic carbocycles. The van der Waals surface area contributed by atoms with E-state index in [1.54, 1.807) is 6.20 Å². The number of aromatic nitrogens is 2. The van der Waals surface area contributed by atoms with Gasteiger partial charge in [0, 0.05) is 22.4 Å². The van der Waals surface area contributed by atoms with Crippen molar-refractivity contribution >= 4 is 33.6 Å². The highest BCUT2D eigenvalue weighted by Crippen LogP contribution is 2.30. The van der Waals surface area contributed by atoms with Gasteiger partial charge in [0.1, 0.15) is 5.58 Å². The fourth-order valence-electron chi connectivity index (χ4n) is 2.93. The molecule has 0 saturated heterocycles. The van der Waals surface area contributed by atoms with Gasteiger partial charge >= 0.3 is 0 Å². The molecule has 0 saturated carbocycles. The Morgan fingerprint density at radius 2 is 1.69 bits per heavy atom. The molecule has 0 spiro atoms. The van der Waals surface area contributed by atoms with Crippen LogP contribution in [0.25, 0.3) is 33.0 Å². The number of carbonyl (C=O) groups is 1. The average molecular weight is 345 g/mol. The van der Waals surface area contributed by atoms with Crippen LogP contribution in [0.4, 0.5) is 5.95 Å². The van der Waals surface area contributed by atoms with E-state index in [1.165, 1.54) is 0 Å². The molecule has 0 atom stereocenters. The van der Waals surface area contributed by atoms with Crippen LogP contribution in [0.15, 0.2) is 53.1 Å². The summed E-state index contributed by atoms with van der Waals surface area (Å²) < 4.78 is 5.75. The number of anilines is 1. The standard InChI is InChI=1S/C21H19N3O2/c1-21(2,3)19(25)18-10-14-8-13(5-7-17(14)26-18)12-4-6-16-15(9-12)11-23-20(22)24-16/h4-11H,1-3H3,(H2,22,23,24). The van der Waals surface area contributed by atoms with Crippen LogP contribution in [0.3, 0.4) is 0 Å². The van der Waals surface area contributed by atoms with Crippen molar-refractivity contribution < 1.29 is 9.21 Å². The second kappa shape index (κ2) is 5.66. The van der Waals surface area contributed by atoms with Gasteiger partial charge < -0.3 is 10.2 Å². The van der Waals surface area contributed by atoms with Crippen molar-refractivity contribution in [1.29, 1.82) is 0 Å². The van der Waals surface area contributed by atoms with Crippen molar-refractivity contribution in [3.63, 3.8) is 0 Å². The number of Topliss-reactive ketones (excluding diaryl/α,β-unsaturated/α-hetero) is 1. The number of furan rings is 1. The van der Waals surface area contributed by atoms with Crippen LogP contribution in [0.1, 0.15) is 31.3 Å². The molecule has 0 fully saturated rings. The number of nitrogen functional groups attached to an aromatic ring is 1. The van der Waals surface area contributed by atoms with Gasteiger partial charge in [0.15, 0.2) is 5.76 Å². The fraction of sp³-hybridized carbons (Fsp3) is 0.190. The highest BCUT2D eigenvalue weighted by Gasteiger charge is 2.26. The maximum Gasteiger partial charge on any atom is 0.220 e. The van der Waals surface area contributed by atoms with Crippen LogP contribution in [0, 0.1) is 5.41 Å². The van der Waals surface area contributed by atoms with Crippen molar-refractivity contribution in [2.75, 3.05) is 5.73 Å². The molecular weight excluding hydrogens is 326 g/mol. The second-order valence-electron chi connectivity index (χ2n) is 7.44. The second-order valence-corrected chi connectivity index (χ2v) is 7.44. The minimum absolute atomic E-state index is 0.00399. The molecular formula is C21H19N3O2. The molecule has 0 unspecified atom stereocenters. The molecule has 0 amide bonds. The van der Waals surface area contributed by atoms with Crippen LogP contribution in [-0.2, 0) is 0 Å². The van der Waals surface area contributed by atoms with E-state index in [1.807, 2.05) is 63.2 Å². The highest BCUT2D eigenvalue weighted by molar-refractivity contribution is 6.01. The molecule has 0 bridgehead atoms. The Morgan fingerprint density at radius 3 is 2.42 bits per heavy atom. The lowest BCUT2D eigenvalue weighted by Crippen LogP contribution is -2.19. The summed E-state index contributed by atoms with van der Waals surface area (Å²) in [6.45, 7) is 5.66. The third kappa shape index (κ3) is 2.81. The van der Waals surface area contributed by atoms with Gasteiger partial charge in [-0.25, -0.2) is 9.97 Å². The molecule has 2 N–H and O–H groups in total. The Bertz CT molecular complexity index is 1150. The van der Waals surface area contributed by atoms with E-state index in [-0.39, 0.29) is 11.7 Å². The lowest BCUT2D eigenvalue weighted by molar-refractivity contribution is 0.0831. The number of fused-ring (bicyclic) bond motifs is 2. The summed E-state index contributed by atoms with van der Waals surface area (Å²) in [5.74, 6) is 0.656. The maximum atomic E-state index is 12.4. The Hall–Kier alpha value is -3.21. The minimum Gasteiger partial charge on any atom is -0.453 e. The summed E-state index contributed by atoms with van der Waals surface area (Å²) in [6.07, 6.45) is 1.72. The molecule has 0 radical (unpaired) electrons. The number of nitrogens with zero attached hydrogens (tertiary/aromatic N) is 2. The smallest absolute Gasteiger partial charge is 0.220 e. The van der Waals surface area contributed by atoms with Gasteiger partial charge in [0.05, 0.1) is 5.52 Å². The summed E-state index contributed by atoms with van der Waals surface area (Å²) in [4.78, 5) is 20.7. The molecule has 5 nitrogen and oxygen atoms in total. The number of benzene rings is 2. The molecule has 0 aliphatic heterocycles. The minimum atomic E-state index is -0.475. The van der Waals surface area contributed by atoms with Crippen LogP contribution < -0.4 is 5.73 Å². The largest absolute Gasteiger partial charge is 0.453 e. The van der Waals surface area contributed by atoms with E-state index in [9.17, 15) is 4.79 Å². The number of ketones is 1. The van der Waals surface area contributed by atoms with Crippen molar-refractivity contribution in [2.45, 2.75) is 20.8 Å². The van der Waals surface area contributed by atoms with Gasteiger partial charge in [-0.2, -0.15) is 0 Å². The molecule has 0 aliphatic rings. The first-order valence-corrected chi connectivity index (χ1v) is 8.42. The number of nitrogens with two attached hydrogens (primary N) is 1. The van der Waals surface area contributed by atoms with Gasteiger partial charge in [-0.1, -0.05) is 32.9 Å². The molecule has 2 aromatic heterocycles. The number of hydrogen-bond acceptors (Lipinski definition) is 5. The molecule has 2 heterocycles. The van der Waals surface area contributed by atoms with Gasteiger partial charge in [0.2, 0.25) is 11.7 Å². The Kier molecular flexibility index (Phi) is 3.54. The van der Waals surface area contributed by atoms with Crippen molar-refractivity contribution in [3.05, 3.63) is 54.4 Å². The molecule has 26 heavy (non-hydrogen) atoms. The topological polar surface area (TPSA) is 82.0 Å². The number of carbonyl (C=O) groups excluding carboxylic acids is 1. The molecule has 130 valence electrons. The average Bonchev–Trinajstić information content (AvgIpc) is 3.02. The Morgan fingerprint density at radius 1 is 1.00 bits per heavy atom. The quantitative estimate of drug-likeness (QED) is 0.525. The third-order valence-electron chi connectivity index (χ3n) is 4.35. The molecule has 4 aromatic rings. The highest BCUT2D eigenvalue weighted by atomic mass is 16.3. The van der Waals surface area contributed by atoms with Crippen molar-refractivity contribution in [2.24, 2.45) is 5.41 Å². The monoisotopic (exact) mass is 345 g/mol. The van der Waals surface area contributed by atoms with E-state index in [0.717, 1.165) is 27.4 Å². The normalized spacial score (nSPS) is 12.0. The molecule has 4 rings (SSSR count). The third-order valence-corrected chi connectivity index (χ3v) is 4.35. The van der Waals surface area contributed by atoms with E-state index in [0.29, 0.717) is 11.3 Å². The van der Waals surface area contributed by atoms with Crippen molar-refractivity contribution in [3.8, 4) is 11.1 Å². The van der Waals surface area contributed by atoms with Crippen LogP contribution in [0.2, 0.25) is 0 Å². The first-order chi connectivity index (χ1) is 12.3. The van der Waals surface area contributed by atoms with Gasteiger partial charge in [-0.15, -0.1) is 0 Å². The molecule has 5 heteroatoms. The van der Waals surface area contributed by atoms with Gasteiger partial charge in [-0.05, 0) is 41.5 Å². The fourth-order valence-corrected chi connectivity index (χ4v) is 2.93. The zero-order valence-electron chi connectivity index (χ0n) is 14.9. The Labute approximate surface area is 150 Å². The van der Waals surface area contributed by atoms with Gasteiger partial charge in [-0.3, -0.25) is 4.79 Å². The number of rotatable bonds is 2. The summed E-state index contributed by atoms with van der Waals surface area (Å²) in [7, 11) is 0. The zero-order chi connectivity index (χ0) is 18.5. The van der Waals surface area contributed by atoms with E-state index in [4.69, 9.17) is 10.2 Å². The Balaban J connectivity index is 1.78. The summed E-state index contributed by atoms with van der Waals surface area (Å²) in [6, 6.07) is 13.7. The van der Waals surface area contributed by atoms with Crippen LogP contribution in [0.5, 0.6) is 0 Å². The van der Waals surface area contributed by atoms with Gasteiger partial charge in [0.25, 0.3) is 0 Å². The van der Waals surface area contributed by atoms with E-state index < -0.39 is 5.41 Å². The lowest BCUT2D eigenvalue weighted by Gasteiger charge is -2.13. The molecule has 2 aromatic carbocycles. The van der Waals surface area contributed by atoms with E-state index in [2.05, 4.69) is 9.97 Å². The maximum absolute atomic E-state index is 12.4. The SMILES string of the molecule is CC(C)(C)C(=O)c1cc2cc(-c3ccc4nc(N)ncc4c3)ccc2o1. The van der Waals surface area contributed by atoms with Crippen molar-refractivity contribution in [1.82, 2.24) is 9.97 Å². The summed E-state index contributed by atoms with van der Waals surface area (Å²) >= 11 is 0. The predicted molar refractivity (Wildman–Crippen MR) is 103 cm³/mol.